The lowest BCUT2D eigenvalue weighted by atomic mass is 9.87. The minimum atomic E-state index is 0.00151. The van der Waals surface area contributed by atoms with Crippen LogP contribution in [0.15, 0.2) is 60.0 Å². The lowest BCUT2D eigenvalue weighted by molar-refractivity contribution is -0.127. The average molecular weight is 419 g/mol. The highest BCUT2D eigenvalue weighted by Crippen LogP contribution is 2.33. The van der Waals surface area contributed by atoms with Crippen LogP contribution in [0.5, 0.6) is 5.75 Å². The fraction of sp³-hybridized carbons (Fsp3) is 0.280. The maximum atomic E-state index is 12.9. The number of para-hydroxylation sites is 1. The van der Waals surface area contributed by atoms with Gasteiger partial charge in [-0.1, -0.05) is 42.5 Å². The van der Waals surface area contributed by atoms with Crippen LogP contribution in [-0.2, 0) is 17.8 Å². The first kappa shape index (κ1) is 20.4. The zero-order valence-electron chi connectivity index (χ0n) is 17.4. The summed E-state index contributed by atoms with van der Waals surface area (Å²) in [6.45, 7) is 2.40. The van der Waals surface area contributed by atoms with E-state index in [-0.39, 0.29) is 11.9 Å². The Morgan fingerprint density at radius 2 is 2.03 bits per heavy atom. The quantitative estimate of drug-likeness (QED) is 0.491. The Bertz CT molecular complexity index is 1060. The van der Waals surface area contributed by atoms with Crippen molar-refractivity contribution >= 4 is 23.3 Å². The first-order valence-electron chi connectivity index (χ1n) is 10.3. The normalized spacial score (nSPS) is 15.7. The van der Waals surface area contributed by atoms with Crippen molar-refractivity contribution in [3.63, 3.8) is 0 Å². The summed E-state index contributed by atoms with van der Waals surface area (Å²) in [7, 11) is 1.90. The number of benzene rings is 2. The molecule has 1 aliphatic carbocycles. The van der Waals surface area contributed by atoms with Gasteiger partial charge in [-0.05, 0) is 49.5 Å². The van der Waals surface area contributed by atoms with Crippen molar-refractivity contribution in [3.05, 3.63) is 87.4 Å². The van der Waals surface area contributed by atoms with Gasteiger partial charge in [0.2, 0.25) is 5.91 Å². The molecule has 0 saturated carbocycles. The fourth-order valence-electron chi connectivity index (χ4n) is 3.94. The first-order chi connectivity index (χ1) is 14.6. The van der Waals surface area contributed by atoms with Gasteiger partial charge in [-0.2, -0.15) is 0 Å². The highest BCUT2D eigenvalue weighted by atomic mass is 32.1. The Morgan fingerprint density at radius 3 is 2.87 bits per heavy atom. The molecular formula is C25H26N2O2S. The molecule has 1 amide bonds. The summed E-state index contributed by atoms with van der Waals surface area (Å²) in [5.74, 6) is 0.750. The highest BCUT2D eigenvalue weighted by Gasteiger charge is 2.25. The van der Waals surface area contributed by atoms with Gasteiger partial charge in [0.05, 0.1) is 16.7 Å². The predicted octanol–water partition coefficient (Wildman–Crippen LogP) is 5.58. The predicted molar refractivity (Wildman–Crippen MR) is 122 cm³/mol. The molecule has 30 heavy (non-hydrogen) atoms. The van der Waals surface area contributed by atoms with Gasteiger partial charge in [0.25, 0.3) is 0 Å². The van der Waals surface area contributed by atoms with E-state index in [9.17, 15) is 4.79 Å². The number of rotatable bonds is 6. The number of carbonyl (C=O) groups is 1. The molecule has 1 atom stereocenters. The van der Waals surface area contributed by atoms with Gasteiger partial charge < -0.3 is 9.64 Å². The summed E-state index contributed by atoms with van der Waals surface area (Å²) in [6.07, 6.45) is 6.69. The maximum Gasteiger partial charge on any atom is 0.246 e. The molecule has 4 nitrogen and oxygen atoms in total. The molecular weight excluding hydrogens is 392 g/mol. The lowest BCUT2D eigenvalue weighted by Gasteiger charge is -2.32. The molecule has 0 aliphatic heterocycles. The molecule has 0 N–H and O–H groups in total. The number of hydrogen-bond donors (Lipinski definition) is 0. The molecule has 3 aromatic rings. The Morgan fingerprint density at radius 1 is 1.23 bits per heavy atom. The summed E-state index contributed by atoms with van der Waals surface area (Å²) < 4.78 is 5.96. The summed E-state index contributed by atoms with van der Waals surface area (Å²) in [6, 6.07) is 16.4. The van der Waals surface area contributed by atoms with E-state index >= 15 is 0 Å². The van der Waals surface area contributed by atoms with Crippen LogP contribution in [-0.4, -0.2) is 22.8 Å². The van der Waals surface area contributed by atoms with E-state index in [1.54, 1.807) is 17.4 Å². The summed E-state index contributed by atoms with van der Waals surface area (Å²) in [4.78, 5) is 19.2. The van der Waals surface area contributed by atoms with Crippen molar-refractivity contribution in [2.24, 2.45) is 0 Å². The van der Waals surface area contributed by atoms with Gasteiger partial charge in [-0.3, -0.25) is 4.79 Å². The molecule has 5 heteroatoms. The second-order valence-corrected chi connectivity index (χ2v) is 8.64. The first-order valence-corrected chi connectivity index (χ1v) is 11.2. The molecule has 0 bridgehead atoms. The van der Waals surface area contributed by atoms with E-state index in [2.05, 4.69) is 29.2 Å². The molecule has 0 spiro atoms. The van der Waals surface area contributed by atoms with Gasteiger partial charge in [0.15, 0.2) is 0 Å². The van der Waals surface area contributed by atoms with E-state index in [0.29, 0.717) is 6.61 Å². The topological polar surface area (TPSA) is 42.4 Å². The van der Waals surface area contributed by atoms with E-state index in [1.165, 1.54) is 11.1 Å². The number of aromatic nitrogens is 1. The average Bonchev–Trinajstić information content (AvgIpc) is 3.20. The van der Waals surface area contributed by atoms with Crippen molar-refractivity contribution in [1.29, 1.82) is 0 Å². The molecule has 154 valence electrons. The van der Waals surface area contributed by atoms with Gasteiger partial charge in [-0.25, -0.2) is 4.98 Å². The van der Waals surface area contributed by atoms with Gasteiger partial charge >= 0.3 is 0 Å². The standard InChI is InChI=1S/C25H26N2O2S/c1-18-26-21(17-30-18)16-29-24-13-6-4-9-20(24)14-15-25(28)27(2)23-12-7-10-19-8-3-5-11-22(19)23/h3-6,8-9,11,13-15,17,23H,7,10,12,16H2,1-2H3/b15-14+/t23-/m0/s1. The number of carbonyl (C=O) groups excluding carboxylic acids is 1. The van der Waals surface area contributed by atoms with E-state index < -0.39 is 0 Å². The molecule has 0 fully saturated rings. The SMILES string of the molecule is Cc1nc(COc2ccccc2/C=C/C(=O)N(C)[C@H]2CCCc3ccccc32)cs1. The number of amides is 1. The summed E-state index contributed by atoms with van der Waals surface area (Å²) in [5, 5.41) is 3.04. The third kappa shape index (κ3) is 4.62. The molecule has 1 heterocycles. The second-order valence-electron chi connectivity index (χ2n) is 7.57. The van der Waals surface area contributed by atoms with Crippen LogP contribution in [0.1, 0.15) is 46.3 Å². The van der Waals surface area contributed by atoms with Gasteiger partial charge in [0.1, 0.15) is 12.4 Å². The zero-order valence-corrected chi connectivity index (χ0v) is 18.2. The van der Waals surface area contributed by atoms with Crippen LogP contribution in [0.2, 0.25) is 0 Å². The van der Waals surface area contributed by atoms with Crippen molar-refractivity contribution in [1.82, 2.24) is 9.88 Å². The Balaban J connectivity index is 1.45. The molecule has 0 radical (unpaired) electrons. The smallest absolute Gasteiger partial charge is 0.246 e. The Hall–Kier alpha value is -2.92. The van der Waals surface area contributed by atoms with Gasteiger partial charge in [0, 0.05) is 24.1 Å². The summed E-state index contributed by atoms with van der Waals surface area (Å²) >= 11 is 1.61. The van der Waals surface area contributed by atoms with Crippen LogP contribution in [0, 0.1) is 6.92 Å². The zero-order chi connectivity index (χ0) is 20.9. The van der Waals surface area contributed by atoms with Crippen LogP contribution < -0.4 is 4.74 Å². The van der Waals surface area contributed by atoms with Crippen LogP contribution >= 0.6 is 11.3 Å². The number of ether oxygens (including phenoxy) is 1. The largest absolute Gasteiger partial charge is 0.487 e. The van der Waals surface area contributed by atoms with Crippen molar-refractivity contribution in [2.75, 3.05) is 7.05 Å². The molecule has 1 aromatic heterocycles. The molecule has 0 saturated heterocycles. The van der Waals surface area contributed by atoms with E-state index in [1.807, 2.05) is 54.6 Å². The van der Waals surface area contributed by atoms with Crippen molar-refractivity contribution in [2.45, 2.75) is 38.8 Å². The Labute approximate surface area is 181 Å². The number of hydrogen-bond acceptors (Lipinski definition) is 4. The molecule has 4 rings (SSSR count). The van der Waals surface area contributed by atoms with Crippen molar-refractivity contribution < 1.29 is 9.53 Å². The van der Waals surface area contributed by atoms with Crippen LogP contribution in [0.3, 0.4) is 0 Å². The third-order valence-electron chi connectivity index (χ3n) is 5.52. The van der Waals surface area contributed by atoms with Crippen molar-refractivity contribution in [3.8, 4) is 5.75 Å². The van der Waals surface area contributed by atoms with E-state index in [0.717, 1.165) is 41.3 Å². The molecule has 2 aromatic carbocycles. The maximum absolute atomic E-state index is 12.9. The third-order valence-corrected chi connectivity index (χ3v) is 6.34. The van der Waals surface area contributed by atoms with Crippen LogP contribution in [0.25, 0.3) is 6.08 Å². The minimum absolute atomic E-state index is 0.00151. The molecule has 1 aliphatic rings. The monoisotopic (exact) mass is 418 g/mol. The van der Waals surface area contributed by atoms with Crippen LogP contribution in [0.4, 0.5) is 0 Å². The molecule has 0 unspecified atom stereocenters. The number of aryl methyl sites for hydroxylation is 2. The number of thiazole rings is 1. The number of fused-ring (bicyclic) bond motifs is 1. The fourth-order valence-corrected chi connectivity index (χ4v) is 4.54. The van der Waals surface area contributed by atoms with Gasteiger partial charge in [-0.15, -0.1) is 11.3 Å². The number of nitrogens with zero attached hydrogens (tertiary/aromatic N) is 2. The second kappa shape index (κ2) is 9.26. The lowest BCUT2D eigenvalue weighted by Crippen LogP contribution is -2.32. The summed E-state index contributed by atoms with van der Waals surface area (Å²) in [5.41, 5.74) is 4.43. The highest BCUT2D eigenvalue weighted by molar-refractivity contribution is 7.09. The Kier molecular flexibility index (Phi) is 6.29. The minimum Gasteiger partial charge on any atom is -0.487 e. The number of likely N-dealkylation sites (N-methyl/N-ethyl adjacent to an activating group) is 1. The van der Waals surface area contributed by atoms with E-state index in [4.69, 9.17) is 4.74 Å².